The fraction of sp³-hybridized carbons (Fsp3) is 0.281. The van der Waals surface area contributed by atoms with Gasteiger partial charge in [0.1, 0.15) is 5.75 Å². The number of aryl methyl sites for hydroxylation is 1. The Morgan fingerprint density at radius 3 is 2.36 bits per heavy atom. The van der Waals surface area contributed by atoms with Crippen molar-refractivity contribution in [3.8, 4) is 5.75 Å². The maximum absolute atomic E-state index is 13.9. The van der Waals surface area contributed by atoms with E-state index in [9.17, 15) is 29.1 Å². The van der Waals surface area contributed by atoms with Crippen molar-refractivity contribution in [2.45, 2.75) is 39.5 Å². The van der Waals surface area contributed by atoms with Gasteiger partial charge in [0.15, 0.2) is 17.3 Å². The zero-order valence-electron chi connectivity index (χ0n) is 21.9. The normalized spacial score (nSPS) is 26.2. The average molecular weight is 522 g/mol. The van der Waals surface area contributed by atoms with E-state index in [2.05, 4.69) is 0 Å². The number of rotatable bonds is 3. The van der Waals surface area contributed by atoms with Crippen LogP contribution in [0.5, 0.6) is 5.75 Å². The lowest BCUT2D eigenvalue weighted by molar-refractivity contribution is -0.123. The lowest BCUT2D eigenvalue weighted by Crippen LogP contribution is -2.39. The molecule has 39 heavy (non-hydrogen) atoms. The zero-order valence-corrected chi connectivity index (χ0v) is 21.9. The number of anilines is 1. The zero-order chi connectivity index (χ0) is 27.7. The Kier molecular flexibility index (Phi) is 5.64. The number of nitrogens with zero attached hydrogens (tertiary/aromatic N) is 1. The summed E-state index contributed by atoms with van der Waals surface area (Å²) in [4.78, 5) is 67.1. The molecule has 0 spiro atoms. The van der Waals surface area contributed by atoms with Crippen LogP contribution in [-0.4, -0.2) is 34.3 Å². The number of aromatic hydroxyl groups is 1. The Morgan fingerprint density at radius 1 is 0.949 bits per heavy atom. The summed E-state index contributed by atoms with van der Waals surface area (Å²) < 4.78 is 0. The van der Waals surface area contributed by atoms with Crippen LogP contribution in [0.3, 0.4) is 0 Å². The highest BCUT2D eigenvalue weighted by molar-refractivity contribution is 6.25. The molecule has 1 saturated heterocycles. The summed E-state index contributed by atoms with van der Waals surface area (Å²) >= 11 is 0. The van der Waals surface area contributed by atoms with Crippen LogP contribution in [0.25, 0.3) is 0 Å². The van der Waals surface area contributed by atoms with Gasteiger partial charge in [0.25, 0.3) is 0 Å². The molecule has 0 aromatic heterocycles. The van der Waals surface area contributed by atoms with Crippen LogP contribution in [-0.2, 0) is 19.2 Å². The monoisotopic (exact) mass is 521 g/mol. The van der Waals surface area contributed by atoms with Crippen molar-refractivity contribution in [2.75, 3.05) is 4.90 Å². The summed E-state index contributed by atoms with van der Waals surface area (Å²) in [5, 5.41) is 11.1. The van der Waals surface area contributed by atoms with Gasteiger partial charge in [-0.1, -0.05) is 29.8 Å². The molecular weight excluding hydrogens is 494 g/mol. The number of allylic oxidation sites excluding steroid dienone is 6. The molecule has 4 aliphatic rings. The second-order valence-electron chi connectivity index (χ2n) is 10.9. The largest absolute Gasteiger partial charge is 0.507 e. The molecule has 196 valence electrons. The Balaban J connectivity index is 1.47. The van der Waals surface area contributed by atoms with Crippen molar-refractivity contribution in [3.63, 3.8) is 0 Å². The number of para-hydroxylation sites is 1. The van der Waals surface area contributed by atoms with Gasteiger partial charge < -0.3 is 5.11 Å². The van der Waals surface area contributed by atoms with Crippen LogP contribution >= 0.6 is 0 Å². The number of imide groups is 1. The van der Waals surface area contributed by atoms with E-state index >= 15 is 0 Å². The van der Waals surface area contributed by atoms with Crippen molar-refractivity contribution in [3.05, 3.63) is 93.6 Å². The van der Waals surface area contributed by atoms with E-state index in [0.29, 0.717) is 45.5 Å². The van der Waals surface area contributed by atoms with E-state index in [1.54, 1.807) is 56.3 Å². The van der Waals surface area contributed by atoms with Crippen LogP contribution in [0.15, 0.2) is 76.9 Å². The molecule has 7 nitrogen and oxygen atoms in total. The quantitative estimate of drug-likeness (QED) is 0.275. The number of hydrogen-bond donors (Lipinski definition) is 1. The predicted molar refractivity (Wildman–Crippen MR) is 143 cm³/mol. The molecule has 0 radical (unpaired) electrons. The first-order valence-electron chi connectivity index (χ1n) is 13.1. The topological polar surface area (TPSA) is 109 Å². The number of fused-ring (bicyclic) bond motifs is 3. The number of benzene rings is 2. The van der Waals surface area contributed by atoms with E-state index in [4.69, 9.17) is 0 Å². The molecule has 2 amide bonds. The first-order chi connectivity index (χ1) is 18.6. The minimum absolute atomic E-state index is 0.0477. The predicted octanol–water partition coefficient (Wildman–Crippen LogP) is 4.54. The molecule has 0 bridgehead atoms. The fourth-order valence-corrected chi connectivity index (χ4v) is 6.73. The Bertz CT molecular complexity index is 1610. The highest BCUT2D eigenvalue weighted by Gasteiger charge is 2.56. The maximum Gasteiger partial charge on any atom is 0.238 e. The van der Waals surface area contributed by atoms with Gasteiger partial charge in [-0.25, -0.2) is 0 Å². The van der Waals surface area contributed by atoms with Crippen molar-refractivity contribution < 1.29 is 29.1 Å². The number of Topliss-reactive ketones (excluding diaryl/α,β-unsaturated/α-hetero) is 2. The summed E-state index contributed by atoms with van der Waals surface area (Å²) in [5.74, 6) is -3.71. The molecule has 0 saturated carbocycles. The summed E-state index contributed by atoms with van der Waals surface area (Å²) in [5.41, 5.74) is 3.88. The molecule has 2 aromatic carbocycles. The first kappa shape index (κ1) is 24.9. The molecule has 7 heteroatoms. The van der Waals surface area contributed by atoms with E-state index < -0.39 is 23.7 Å². The van der Waals surface area contributed by atoms with E-state index in [0.717, 1.165) is 5.57 Å². The fourth-order valence-electron chi connectivity index (χ4n) is 6.73. The maximum atomic E-state index is 13.9. The second-order valence-corrected chi connectivity index (χ2v) is 10.9. The minimum Gasteiger partial charge on any atom is -0.507 e. The molecule has 1 fully saturated rings. The van der Waals surface area contributed by atoms with Crippen LogP contribution in [0.1, 0.15) is 54.1 Å². The van der Waals surface area contributed by atoms with Crippen molar-refractivity contribution in [1.29, 1.82) is 0 Å². The van der Waals surface area contributed by atoms with Gasteiger partial charge in [-0.15, -0.1) is 0 Å². The van der Waals surface area contributed by atoms with Crippen molar-refractivity contribution >= 4 is 34.9 Å². The third-order valence-corrected chi connectivity index (χ3v) is 8.68. The molecular formula is C32H27NO6. The number of amides is 2. The van der Waals surface area contributed by atoms with Gasteiger partial charge in [-0.3, -0.25) is 28.9 Å². The lowest BCUT2D eigenvalue weighted by atomic mass is 9.59. The van der Waals surface area contributed by atoms with Gasteiger partial charge in [-0.05, 0) is 75.4 Å². The molecule has 6 rings (SSSR count). The number of carbonyl (C=O) groups excluding carboxylic acids is 5. The smallest absolute Gasteiger partial charge is 0.238 e. The third-order valence-electron chi connectivity index (χ3n) is 8.68. The SMILES string of the molecule is CC(=O)c1ccc(N2C(=O)C3CC=C4C(c5cccc(C)c5O)C5=C(CC4C3C2=O)C(=O)C=C(C)C5=O)cc1. The molecule has 4 unspecified atom stereocenters. The summed E-state index contributed by atoms with van der Waals surface area (Å²) in [6.07, 6.45) is 3.76. The second kappa shape index (κ2) is 8.83. The first-order valence-corrected chi connectivity index (χ1v) is 13.1. The highest BCUT2D eigenvalue weighted by Crippen LogP contribution is 2.56. The number of phenols is 1. The lowest BCUT2D eigenvalue weighted by Gasteiger charge is -2.42. The van der Waals surface area contributed by atoms with Crippen LogP contribution in [0.2, 0.25) is 0 Å². The van der Waals surface area contributed by atoms with Gasteiger partial charge in [0.2, 0.25) is 11.8 Å². The number of carbonyl (C=O) groups is 5. The standard InChI is InChI=1S/C32H27NO6/c1-15-5-4-6-21(29(15)36)26-20-11-12-22-27(23(20)14-24-25(35)13-16(2)30(37)28(24)26)32(39)33(31(22)38)19-9-7-18(8-10-19)17(3)34/h4-11,13,22-23,26-27,36H,12,14H2,1-3H3. The van der Waals surface area contributed by atoms with Crippen molar-refractivity contribution in [1.82, 2.24) is 0 Å². The Morgan fingerprint density at radius 2 is 1.67 bits per heavy atom. The van der Waals surface area contributed by atoms with Crippen LogP contribution < -0.4 is 4.90 Å². The van der Waals surface area contributed by atoms with Gasteiger partial charge in [0.05, 0.1) is 17.5 Å². The Labute approximate surface area is 225 Å². The van der Waals surface area contributed by atoms with E-state index in [1.165, 1.54) is 17.9 Å². The summed E-state index contributed by atoms with van der Waals surface area (Å²) in [6, 6.07) is 11.7. The molecule has 4 atom stereocenters. The number of phenolic OH excluding ortho intramolecular Hbond substituents is 1. The van der Waals surface area contributed by atoms with Crippen LogP contribution in [0.4, 0.5) is 5.69 Å². The molecule has 1 heterocycles. The molecule has 1 aliphatic heterocycles. The van der Waals surface area contributed by atoms with E-state index in [1.807, 2.05) is 6.08 Å². The molecule has 1 N–H and O–H groups in total. The number of ketones is 3. The van der Waals surface area contributed by atoms with Crippen molar-refractivity contribution in [2.24, 2.45) is 17.8 Å². The number of hydrogen-bond acceptors (Lipinski definition) is 6. The molecule has 3 aliphatic carbocycles. The van der Waals surface area contributed by atoms with Gasteiger partial charge in [-0.2, -0.15) is 0 Å². The van der Waals surface area contributed by atoms with Gasteiger partial charge >= 0.3 is 0 Å². The summed E-state index contributed by atoms with van der Waals surface area (Å²) in [6.45, 7) is 4.83. The van der Waals surface area contributed by atoms with Crippen LogP contribution in [0, 0.1) is 24.7 Å². The minimum atomic E-state index is -0.705. The molecule has 2 aromatic rings. The highest BCUT2D eigenvalue weighted by atomic mass is 16.3. The summed E-state index contributed by atoms with van der Waals surface area (Å²) in [7, 11) is 0. The third kappa shape index (κ3) is 3.60. The Hall–Kier alpha value is -4.39. The average Bonchev–Trinajstić information content (AvgIpc) is 3.17. The van der Waals surface area contributed by atoms with Gasteiger partial charge in [0, 0.05) is 33.8 Å². The van der Waals surface area contributed by atoms with E-state index in [-0.39, 0.29) is 41.3 Å².